The fourth-order valence-corrected chi connectivity index (χ4v) is 3.48. The zero-order valence-electron chi connectivity index (χ0n) is 17.5. The summed E-state index contributed by atoms with van der Waals surface area (Å²) in [6, 6.07) is 3.04. The highest BCUT2D eigenvalue weighted by atomic mass is 127. The molecule has 156 valence electrons. The lowest BCUT2D eigenvalue weighted by atomic mass is 10.2. The summed E-state index contributed by atoms with van der Waals surface area (Å²) in [4.78, 5) is 12.2. The molecule has 1 aromatic heterocycles. The van der Waals surface area contributed by atoms with Gasteiger partial charge in [0.2, 0.25) is 0 Å². The van der Waals surface area contributed by atoms with Crippen molar-refractivity contribution in [2.24, 2.45) is 4.99 Å². The van der Waals surface area contributed by atoms with E-state index in [0.29, 0.717) is 12.1 Å². The first kappa shape index (κ1) is 24.2. The standard InChI is InChI=1S/C19H36N6O.HI/c1-6-20-19(21-8-9-25(16(2)3)17(4)5)24-12-10-23(11-13-24)15-18-7-14-26-22-18;/h7,14,16-17H,6,8-13,15H2,1-5H3,(H,20,21);1H. The van der Waals surface area contributed by atoms with Crippen LogP contribution in [-0.2, 0) is 6.54 Å². The molecule has 0 unspecified atom stereocenters. The van der Waals surface area contributed by atoms with Crippen LogP contribution in [0.4, 0.5) is 0 Å². The predicted octanol–water partition coefficient (Wildman–Crippen LogP) is 2.49. The molecular formula is C19H37IN6O. The largest absolute Gasteiger partial charge is 0.364 e. The Bertz CT molecular complexity index is 518. The molecule has 0 amide bonds. The Balaban J connectivity index is 0.00000364. The second kappa shape index (κ2) is 12.6. The molecule has 1 saturated heterocycles. The zero-order valence-corrected chi connectivity index (χ0v) is 19.8. The molecule has 2 heterocycles. The van der Waals surface area contributed by atoms with Crippen LogP contribution < -0.4 is 5.32 Å². The molecule has 0 aliphatic carbocycles. The maximum atomic E-state index is 4.92. The normalized spacial score (nSPS) is 16.3. The third kappa shape index (κ3) is 7.95. The molecule has 0 atom stereocenters. The van der Waals surface area contributed by atoms with Gasteiger partial charge in [-0.3, -0.25) is 14.8 Å². The van der Waals surface area contributed by atoms with E-state index < -0.39 is 0 Å². The number of aliphatic imine (C=N–C) groups is 1. The van der Waals surface area contributed by atoms with E-state index in [2.05, 4.69) is 59.8 Å². The number of halogens is 1. The summed E-state index contributed by atoms with van der Waals surface area (Å²) < 4.78 is 4.92. The molecule has 1 aliphatic heterocycles. The molecule has 0 bridgehead atoms. The Morgan fingerprint density at radius 3 is 2.41 bits per heavy atom. The summed E-state index contributed by atoms with van der Waals surface area (Å²) in [6.45, 7) is 18.7. The van der Waals surface area contributed by atoms with Crippen molar-refractivity contribution in [2.75, 3.05) is 45.8 Å². The molecule has 1 aromatic rings. The van der Waals surface area contributed by atoms with Crippen LogP contribution in [0.25, 0.3) is 0 Å². The van der Waals surface area contributed by atoms with Crippen molar-refractivity contribution in [1.29, 1.82) is 0 Å². The van der Waals surface area contributed by atoms with Crippen molar-refractivity contribution in [3.05, 3.63) is 18.0 Å². The van der Waals surface area contributed by atoms with Gasteiger partial charge in [-0.05, 0) is 34.6 Å². The molecule has 7 nitrogen and oxygen atoms in total. The van der Waals surface area contributed by atoms with E-state index in [9.17, 15) is 0 Å². The number of hydrogen-bond donors (Lipinski definition) is 1. The monoisotopic (exact) mass is 492 g/mol. The molecule has 0 saturated carbocycles. The van der Waals surface area contributed by atoms with Crippen molar-refractivity contribution in [1.82, 2.24) is 25.2 Å². The van der Waals surface area contributed by atoms with Gasteiger partial charge in [-0.25, -0.2) is 0 Å². The van der Waals surface area contributed by atoms with E-state index in [0.717, 1.165) is 64.0 Å². The molecular weight excluding hydrogens is 455 g/mol. The van der Waals surface area contributed by atoms with Crippen LogP contribution in [-0.4, -0.2) is 83.7 Å². The SMILES string of the molecule is CCNC(=NCCN(C(C)C)C(C)C)N1CCN(Cc2ccon2)CC1.I. The zero-order chi connectivity index (χ0) is 18.9. The van der Waals surface area contributed by atoms with E-state index in [-0.39, 0.29) is 24.0 Å². The first-order valence-corrected chi connectivity index (χ1v) is 9.91. The highest BCUT2D eigenvalue weighted by Crippen LogP contribution is 2.08. The fraction of sp³-hybridized carbons (Fsp3) is 0.789. The predicted molar refractivity (Wildman–Crippen MR) is 122 cm³/mol. The Kier molecular flexibility index (Phi) is 11.2. The fourth-order valence-electron chi connectivity index (χ4n) is 3.48. The van der Waals surface area contributed by atoms with Crippen molar-refractivity contribution in [3.63, 3.8) is 0 Å². The molecule has 8 heteroatoms. The summed E-state index contributed by atoms with van der Waals surface area (Å²) in [5.41, 5.74) is 1.00. The van der Waals surface area contributed by atoms with E-state index in [1.54, 1.807) is 6.26 Å². The maximum absolute atomic E-state index is 4.92. The number of nitrogens with zero attached hydrogens (tertiary/aromatic N) is 5. The Morgan fingerprint density at radius 1 is 1.22 bits per heavy atom. The van der Waals surface area contributed by atoms with Gasteiger partial charge in [0, 0.05) is 64.0 Å². The summed E-state index contributed by atoms with van der Waals surface area (Å²) in [7, 11) is 0. The van der Waals surface area contributed by atoms with Crippen molar-refractivity contribution >= 4 is 29.9 Å². The van der Waals surface area contributed by atoms with Crippen molar-refractivity contribution < 1.29 is 4.52 Å². The van der Waals surface area contributed by atoms with Crippen LogP contribution in [0.15, 0.2) is 21.8 Å². The first-order chi connectivity index (χ1) is 12.5. The Labute approximate surface area is 181 Å². The van der Waals surface area contributed by atoms with Gasteiger partial charge in [-0.2, -0.15) is 0 Å². The van der Waals surface area contributed by atoms with E-state index in [1.165, 1.54) is 0 Å². The average molecular weight is 492 g/mol. The summed E-state index contributed by atoms with van der Waals surface area (Å²) in [5.74, 6) is 1.04. The molecule has 27 heavy (non-hydrogen) atoms. The quantitative estimate of drug-likeness (QED) is 0.342. The van der Waals surface area contributed by atoms with Gasteiger partial charge in [0.25, 0.3) is 0 Å². The molecule has 1 N–H and O–H groups in total. The van der Waals surface area contributed by atoms with E-state index in [4.69, 9.17) is 9.52 Å². The van der Waals surface area contributed by atoms with Crippen LogP contribution in [0.5, 0.6) is 0 Å². The number of nitrogens with one attached hydrogen (secondary N) is 1. The van der Waals surface area contributed by atoms with Gasteiger partial charge in [0.15, 0.2) is 5.96 Å². The average Bonchev–Trinajstić information content (AvgIpc) is 3.11. The van der Waals surface area contributed by atoms with Gasteiger partial charge in [0.1, 0.15) is 6.26 Å². The lowest BCUT2D eigenvalue weighted by molar-refractivity contribution is 0.167. The van der Waals surface area contributed by atoms with Crippen molar-refractivity contribution in [2.45, 2.75) is 53.2 Å². The molecule has 1 fully saturated rings. The maximum Gasteiger partial charge on any atom is 0.194 e. The summed E-state index contributed by atoms with van der Waals surface area (Å²) >= 11 is 0. The van der Waals surface area contributed by atoms with E-state index in [1.807, 2.05) is 6.07 Å². The number of hydrogen-bond acceptors (Lipinski definition) is 5. The minimum absolute atomic E-state index is 0. The topological polar surface area (TPSA) is 60.1 Å². The van der Waals surface area contributed by atoms with Gasteiger partial charge in [0.05, 0.1) is 12.2 Å². The van der Waals surface area contributed by atoms with Crippen LogP contribution >= 0.6 is 24.0 Å². The second-order valence-corrected chi connectivity index (χ2v) is 7.41. The third-order valence-corrected chi connectivity index (χ3v) is 4.83. The molecule has 0 aromatic carbocycles. The van der Waals surface area contributed by atoms with Gasteiger partial charge in [-0.1, -0.05) is 5.16 Å². The van der Waals surface area contributed by atoms with Crippen LogP contribution in [0.3, 0.4) is 0 Å². The highest BCUT2D eigenvalue weighted by Gasteiger charge is 2.20. The minimum atomic E-state index is 0. The highest BCUT2D eigenvalue weighted by molar-refractivity contribution is 14.0. The lowest BCUT2D eigenvalue weighted by Crippen LogP contribution is -2.52. The Hall–Kier alpha value is -0.870. The summed E-state index contributed by atoms with van der Waals surface area (Å²) in [6.07, 6.45) is 1.64. The summed E-state index contributed by atoms with van der Waals surface area (Å²) in [5, 5.41) is 7.46. The van der Waals surface area contributed by atoms with Crippen LogP contribution in [0.2, 0.25) is 0 Å². The molecule has 0 radical (unpaired) electrons. The number of guanidine groups is 1. The smallest absolute Gasteiger partial charge is 0.194 e. The number of aromatic nitrogens is 1. The molecule has 1 aliphatic rings. The van der Waals surface area contributed by atoms with Gasteiger partial charge in [-0.15, -0.1) is 24.0 Å². The van der Waals surface area contributed by atoms with Crippen molar-refractivity contribution in [3.8, 4) is 0 Å². The second-order valence-electron chi connectivity index (χ2n) is 7.41. The van der Waals surface area contributed by atoms with Gasteiger partial charge >= 0.3 is 0 Å². The third-order valence-electron chi connectivity index (χ3n) is 4.83. The van der Waals surface area contributed by atoms with Crippen LogP contribution in [0.1, 0.15) is 40.3 Å². The van der Waals surface area contributed by atoms with Crippen LogP contribution in [0, 0.1) is 0 Å². The first-order valence-electron chi connectivity index (χ1n) is 9.91. The number of piperazine rings is 1. The molecule has 2 rings (SSSR count). The van der Waals surface area contributed by atoms with Gasteiger partial charge < -0.3 is 14.7 Å². The van der Waals surface area contributed by atoms with E-state index >= 15 is 0 Å². The lowest BCUT2D eigenvalue weighted by Gasteiger charge is -2.36. The minimum Gasteiger partial charge on any atom is -0.364 e. The number of rotatable bonds is 8. The Morgan fingerprint density at radius 2 is 1.89 bits per heavy atom. The molecule has 0 spiro atoms.